The number of hydrogen-bond acceptors (Lipinski definition) is 3. The van der Waals surface area contributed by atoms with Gasteiger partial charge in [-0.05, 0) is 30.3 Å². The van der Waals surface area contributed by atoms with E-state index in [1.807, 2.05) is 0 Å². The van der Waals surface area contributed by atoms with Crippen molar-refractivity contribution in [3.8, 4) is 5.75 Å². The topological polar surface area (TPSA) is 75.4 Å². The third-order valence-electron chi connectivity index (χ3n) is 2.80. The number of phenolic OH excluding ortho intramolecular Hbond substituents is 1. The number of halogens is 2. The molecule has 2 rings (SSSR count). The van der Waals surface area contributed by atoms with Crippen molar-refractivity contribution < 1.29 is 14.3 Å². The van der Waals surface area contributed by atoms with Gasteiger partial charge in [-0.1, -0.05) is 17.7 Å². The largest absolute Gasteiger partial charge is 0.508 e. The van der Waals surface area contributed by atoms with E-state index in [2.05, 4.69) is 5.32 Å². The van der Waals surface area contributed by atoms with Gasteiger partial charge in [0.15, 0.2) is 0 Å². The number of anilines is 1. The van der Waals surface area contributed by atoms with E-state index in [9.17, 15) is 14.3 Å². The SMILES string of the molecule is NC(=O)c1ccc(F)c(NCc2c(O)cccc2Cl)c1. The summed E-state index contributed by atoms with van der Waals surface area (Å²) in [5, 5.41) is 12.8. The van der Waals surface area contributed by atoms with Gasteiger partial charge >= 0.3 is 0 Å². The predicted molar refractivity (Wildman–Crippen MR) is 75.4 cm³/mol. The number of benzene rings is 2. The van der Waals surface area contributed by atoms with Gasteiger partial charge in [-0.2, -0.15) is 0 Å². The average Bonchev–Trinajstić information content (AvgIpc) is 2.39. The minimum Gasteiger partial charge on any atom is -0.508 e. The first-order valence-corrected chi connectivity index (χ1v) is 6.16. The summed E-state index contributed by atoms with van der Waals surface area (Å²) in [4.78, 5) is 11.1. The van der Waals surface area contributed by atoms with Crippen molar-refractivity contribution >= 4 is 23.2 Å². The molecular formula is C14H12ClFN2O2. The Bertz CT molecular complexity index is 641. The fourth-order valence-electron chi connectivity index (χ4n) is 1.72. The van der Waals surface area contributed by atoms with Crippen LogP contribution in [-0.4, -0.2) is 11.0 Å². The monoisotopic (exact) mass is 294 g/mol. The number of rotatable bonds is 4. The third-order valence-corrected chi connectivity index (χ3v) is 3.15. The average molecular weight is 295 g/mol. The molecule has 0 heterocycles. The Morgan fingerprint density at radius 1 is 1.35 bits per heavy atom. The van der Waals surface area contributed by atoms with Gasteiger partial charge in [0.25, 0.3) is 0 Å². The maximum Gasteiger partial charge on any atom is 0.248 e. The molecule has 0 saturated carbocycles. The third kappa shape index (κ3) is 3.00. The van der Waals surface area contributed by atoms with E-state index in [0.29, 0.717) is 10.6 Å². The Hall–Kier alpha value is -2.27. The summed E-state index contributed by atoms with van der Waals surface area (Å²) < 4.78 is 13.6. The summed E-state index contributed by atoms with van der Waals surface area (Å²) in [5.41, 5.74) is 5.88. The number of aromatic hydroxyl groups is 1. The minimum atomic E-state index is -0.645. The lowest BCUT2D eigenvalue weighted by molar-refractivity contribution is 0.100. The number of carbonyl (C=O) groups is 1. The molecule has 0 aromatic heterocycles. The van der Waals surface area contributed by atoms with Crippen molar-refractivity contribution in [1.29, 1.82) is 0 Å². The zero-order chi connectivity index (χ0) is 14.7. The first-order chi connectivity index (χ1) is 9.49. The maximum atomic E-state index is 13.6. The van der Waals surface area contributed by atoms with Crippen LogP contribution in [0.15, 0.2) is 36.4 Å². The van der Waals surface area contributed by atoms with Crippen molar-refractivity contribution in [2.24, 2.45) is 5.73 Å². The summed E-state index contributed by atoms with van der Waals surface area (Å²) >= 11 is 5.95. The zero-order valence-corrected chi connectivity index (χ0v) is 11.1. The molecule has 2 aromatic carbocycles. The van der Waals surface area contributed by atoms with Crippen molar-refractivity contribution in [2.45, 2.75) is 6.54 Å². The Kier molecular flexibility index (Phi) is 4.10. The number of primary amides is 1. The maximum absolute atomic E-state index is 13.6. The Balaban J connectivity index is 2.23. The highest BCUT2D eigenvalue weighted by atomic mass is 35.5. The Labute approximate surface area is 120 Å². The van der Waals surface area contributed by atoms with Crippen LogP contribution in [0.5, 0.6) is 5.75 Å². The normalized spacial score (nSPS) is 10.3. The van der Waals surface area contributed by atoms with E-state index < -0.39 is 11.7 Å². The molecule has 4 N–H and O–H groups in total. The fourth-order valence-corrected chi connectivity index (χ4v) is 1.96. The molecule has 20 heavy (non-hydrogen) atoms. The highest BCUT2D eigenvalue weighted by molar-refractivity contribution is 6.31. The molecule has 4 nitrogen and oxygen atoms in total. The molecule has 1 amide bonds. The van der Waals surface area contributed by atoms with Crippen LogP contribution in [0.1, 0.15) is 15.9 Å². The first-order valence-electron chi connectivity index (χ1n) is 5.78. The number of carbonyl (C=O) groups excluding carboxylic acids is 1. The van der Waals surface area contributed by atoms with Crippen LogP contribution in [0.2, 0.25) is 5.02 Å². The van der Waals surface area contributed by atoms with Gasteiger partial charge in [-0.25, -0.2) is 4.39 Å². The van der Waals surface area contributed by atoms with Crippen LogP contribution >= 0.6 is 11.6 Å². The number of phenols is 1. The molecule has 0 aliphatic carbocycles. The van der Waals surface area contributed by atoms with Gasteiger partial charge in [-0.3, -0.25) is 4.79 Å². The van der Waals surface area contributed by atoms with Gasteiger partial charge in [0.05, 0.1) is 5.69 Å². The summed E-state index contributed by atoms with van der Waals surface area (Å²) in [5.74, 6) is -1.16. The molecule has 104 valence electrons. The smallest absolute Gasteiger partial charge is 0.248 e. The van der Waals surface area contributed by atoms with Crippen molar-refractivity contribution in [3.05, 3.63) is 58.4 Å². The molecule has 0 fully saturated rings. The number of hydrogen-bond donors (Lipinski definition) is 3. The molecule has 0 radical (unpaired) electrons. The zero-order valence-electron chi connectivity index (χ0n) is 10.4. The highest BCUT2D eigenvalue weighted by Gasteiger charge is 2.10. The number of nitrogens with one attached hydrogen (secondary N) is 1. The van der Waals surface area contributed by atoms with E-state index >= 15 is 0 Å². The standard InChI is InChI=1S/C14H12ClFN2O2/c15-10-2-1-3-13(19)9(10)7-18-12-6-8(14(17)20)4-5-11(12)16/h1-6,18-19H,7H2,(H2,17,20). The van der Waals surface area contributed by atoms with Crippen LogP contribution < -0.4 is 11.1 Å². The lowest BCUT2D eigenvalue weighted by Crippen LogP contribution is -2.12. The summed E-state index contributed by atoms with van der Waals surface area (Å²) in [7, 11) is 0. The first kappa shape index (κ1) is 14.1. The van der Waals surface area contributed by atoms with Crippen molar-refractivity contribution in [1.82, 2.24) is 0 Å². The molecule has 0 unspecified atom stereocenters. The van der Waals surface area contributed by atoms with Crippen LogP contribution in [0.4, 0.5) is 10.1 Å². The van der Waals surface area contributed by atoms with Crippen LogP contribution in [0.3, 0.4) is 0 Å². The minimum absolute atomic E-state index is 0.0106. The summed E-state index contributed by atoms with van der Waals surface area (Å²) in [6, 6.07) is 8.47. The van der Waals surface area contributed by atoms with Gasteiger partial charge in [0.1, 0.15) is 11.6 Å². The van der Waals surface area contributed by atoms with Gasteiger partial charge in [-0.15, -0.1) is 0 Å². The quantitative estimate of drug-likeness (QED) is 0.811. The molecule has 6 heteroatoms. The second-order valence-corrected chi connectivity index (χ2v) is 4.56. The van der Waals surface area contributed by atoms with Crippen molar-refractivity contribution in [2.75, 3.05) is 5.32 Å². The fraction of sp³-hybridized carbons (Fsp3) is 0.0714. The van der Waals surface area contributed by atoms with Gasteiger partial charge < -0.3 is 16.2 Å². The molecular weight excluding hydrogens is 283 g/mol. The second-order valence-electron chi connectivity index (χ2n) is 4.15. The molecule has 0 spiro atoms. The molecule has 0 aliphatic heterocycles. The molecule has 2 aromatic rings. The van der Waals surface area contributed by atoms with E-state index in [-0.39, 0.29) is 23.5 Å². The van der Waals surface area contributed by atoms with Crippen LogP contribution in [0.25, 0.3) is 0 Å². The highest BCUT2D eigenvalue weighted by Crippen LogP contribution is 2.26. The number of amides is 1. The summed E-state index contributed by atoms with van der Waals surface area (Å²) in [6.07, 6.45) is 0. The molecule has 0 atom stereocenters. The number of nitrogens with two attached hydrogens (primary N) is 1. The predicted octanol–water partition coefficient (Wildman–Crippen LogP) is 2.90. The summed E-state index contributed by atoms with van der Waals surface area (Å²) in [6.45, 7) is 0.116. The Morgan fingerprint density at radius 2 is 2.10 bits per heavy atom. The lowest BCUT2D eigenvalue weighted by Gasteiger charge is -2.11. The van der Waals surface area contributed by atoms with E-state index in [1.54, 1.807) is 12.1 Å². The van der Waals surface area contributed by atoms with Crippen molar-refractivity contribution in [3.63, 3.8) is 0 Å². The van der Waals surface area contributed by atoms with Gasteiger partial charge in [0, 0.05) is 22.7 Å². The lowest BCUT2D eigenvalue weighted by atomic mass is 10.1. The second kappa shape index (κ2) is 5.79. The van der Waals surface area contributed by atoms with E-state index in [0.717, 1.165) is 6.07 Å². The molecule has 0 bridgehead atoms. The van der Waals surface area contributed by atoms with E-state index in [1.165, 1.54) is 18.2 Å². The Morgan fingerprint density at radius 3 is 2.75 bits per heavy atom. The molecule has 0 aliphatic rings. The van der Waals surface area contributed by atoms with Crippen LogP contribution in [-0.2, 0) is 6.54 Å². The van der Waals surface area contributed by atoms with E-state index in [4.69, 9.17) is 17.3 Å². The van der Waals surface area contributed by atoms with Gasteiger partial charge in [0.2, 0.25) is 5.91 Å². The molecule has 0 saturated heterocycles. The van der Waals surface area contributed by atoms with Crippen LogP contribution in [0, 0.1) is 5.82 Å².